The van der Waals surface area contributed by atoms with Gasteiger partial charge in [-0.3, -0.25) is 4.79 Å². The van der Waals surface area contributed by atoms with Crippen molar-refractivity contribution in [2.24, 2.45) is 0 Å². The van der Waals surface area contributed by atoms with E-state index in [1.807, 2.05) is 12.1 Å². The third-order valence-corrected chi connectivity index (χ3v) is 2.69. The Balaban J connectivity index is 2.53. The zero-order valence-corrected chi connectivity index (χ0v) is 10.5. The smallest absolute Gasteiger partial charge is 0.221 e. The molecule has 3 heteroatoms. The third kappa shape index (κ3) is 4.04. The Hall–Kier alpha value is -0.830. The fraction of sp³-hybridized carbons (Fsp3) is 0.417. The third-order valence-electron chi connectivity index (χ3n) is 2.30. The van der Waals surface area contributed by atoms with Gasteiger partial charge in [0.05, 0.1) is 0 Å². The summed E-state index contributed by atoms with van der Waals surface area (Å²) in [5, 5.41) is 3.62. The molecule has 1 N–H and O–H groups in total. The molecular weight excluding hydrogens is 254 g/mol. The van der Waals surface area contributed by atoms with Crippen molar-refractivity contribution in [3.05, 3.63) is 35.4 Å². The van der Waals surface area contributed by atoms with Gasteiger partial charge >= 0.3 is 0 Å². The summed E-state index contributed by atoms with van der Waals surface area (Å²) in [6.07, 6.45) is 1.54. The molecule has 0 spiro atoms. The molecule has 1 amide bonds. The summed E-state index contributed by atoms with van der Waals surface area (Å²) in [4.78, 5) is 11.3. The highest BCUT2D eigenvalue weighted by atomic mass is 79.9. The Morgan fingerprint density at radius 2 is 2.00 bits per heavy atom. The second-order valence-corrected chi connectivity index (χ2v) is 4.13. The van der Waals surface area contributed by atoms with E-state index in [4.69, 9.17) is 0 Å². The molecule has 0 fully saturated rings. The minimum absolute atomic E-state index is 0.0952. The molecular formula is C12H16BrNO. The van der Waals surface area contributed by atoms with Gasteiger partial charge < -0.3 is 5.32 Å². The molecule has 0 saturated carbocycles. The minimum Gasteiger partial charge on any atom is -0.352 e. The van der Waals surface area contributed by atoms with Gasteiger partial charge in [-0.1, -0.05) is 47.1 Å². The van der Waals surface area contributed by atoms with Crippen LogP contribution in [0, 0.1) is 0 Å². The van der Waals surface area contributed by atoms with Crippen molar-refractivity contribution < 1.29 is 4.79 Å². The molecule has 0 aromatic heterocycles. The van der Waals surface area contributed by atoms with Crippen LogP contribution in [0.4, 0.5) is 0 Å². The molecule has 0 heterocycles. The fourth-order valence-electron chi connectivity index (χ4n) is 1.44. The molecule has 1 rings (SSSR count). The Morgan fingerprint density at radius 3 is 2.60 bits per heavy atom. The highest BCUT2D eigenvalue weighted by Gasteiger charge is 2.02. The van der Waals surface area contributed by atoms with Crippen LogP contribution in [0.15, 0.2) is 24.3 Å². The van der Waals surface area contributed by atoms with Crippen LogP contribution < -0.4 is 5.32 Å². The summed E-state index contributed by atoms with van der Waals surface area (Å²) in [5.41, 5.74) is 2.51. The van der Waals surface area contributed by atoms with Gasteiger partial charge in [0.25, 0.3) is 0 Å². The lowest BCUT2D eigenvalue weighted by molar-refractivity contribution is -0.120. The van der Waals surface area contributed by atoms with E-state index < -0.39 is 0 Å². The van der Waals surface area contributed by atoms with Gasteiger partial charge in [0.1, 0.15) is 0 Å². The zero-order chi connectivity index (χ0) is 11.1. The summed E-state index contributed by atoms with van der Waals surface area (Å²) in [5.74, 6) is 0.0952. The van der Waals surface area contributed by atoms with Crippen LogP contribution >= 0.6 is 15.9 Å². The lowest BCUT2D eigenvalue weighted by Crippen LogP contribution is -2.23. The predicted molar refractivity (Wildman–Crippen MR) is 66.1 cm³/mol. The Morgan fingerprint density at radius 1 is 1.33 bits per heavy atom. The molecule has 0 unspecified atom stereocenters. The predicted octanol–water partition coefficient (Wildman–Crippen LogP) is 2.65. The van der Waals surface area contributed by atoms with Gasteiger partial charge in [-0.15, -0.1) is 0 Å². The van der Waals surface area contributed by atoms with Crippen LogP contribution in [-0.2, 0) is 17.8 Å². The van der Waals surface area contributed by atoms with E-state index in [0.29, 0.717) is 18.3 Å². The number of hydrogen-bond acceptors (Lipinski definition) is 1. The topological polar surface area (TPSA) is 29.1 Å². The second-order valence-electron chi connectivity index (χ2n) is 3.34. The summed E-state index contributed by atoms with van der Waals surface area (Å²) in [6, 6.07) is 8.20. The molecule has 0 radical (unpaired) electrons. The maximum Gasteiger partial charge on any atom is 0.221 e. The number of carbonyl (C=O) groups is 1. The van der Waals surface area contributed by atoms with Gasteiger partial charge in [-0.2, -0.15) is 0 Å². The monoisotopic (exact) mass is 269 g/mol. The molecule has 2 nitrogen and oxygen atoms in total. The number of nitrogens with one attached hydrogen (secondary N) is 1. The molecule has 0 aliphatic heterocycles. The quantitative estimate of drug-likeness (QED) is 0.819. The van der Waals surface area contributed by atoms with Crippen molar-refractivity contribution in [3.8, 4) is 0 Å². The largest absolute Gasteiger partial charge is 0.352 e. The van der Waals surface area contributed by atoms with Crippen molar-refractivity contribution in [3.63, 3.8) is 0 Å². The van der Waals surface area contributed by atoms with Crippen LogP contribution in [-0.4, -0.2) is 11.2 Å². The number of hydrogen-bond donors (Lipinski definition) is 1. The number of carbonyl (C=O) groups excluding carboxylic acids is 1. The molecule has 0 bridgehead atoms. The Kier molecular flexibility index (Phi) is 5.40. The lowest BCUT2D eigenvalue weighted by atomic mass is 10.1. The van der Waals surface area contributed by atoms with E-state index in [1.54, 1.807) is 0 Å². The summed E-state index contributed by atoms with van der Waals surface area (Å²) in [7, 11) is 0. The first-order valence-corrected chi connectivity index (χ1v) is 6.29. The van der Waals surface area contributed by atoms with Crippen molar-refractivity contribution in [1.29, 1.82) is 0 Å². The molecule has 82 valence electrons. The summed E-state index contributed by atoms with van der Waals surface area (Å²) >= 11 is 3.24. The van der Waals surface area contributed by atoms with E-state index in [9.17, 15) is 4.79 Å². The molecule has 0 aliphatic rings. The van der Waals surface area contributed by atoms with Crippen molar-refractivity contribution in [2.75, 3.05) is 5.33 Å². The standard InChI is InChI=1S/C12H16BrNO/c1-2-10-5-3-4-6-11(10)9-14-12(15)7-8-13/h3-6H,2,7-9H2,1H3,(H,14,15). The van der Waals surface area contributed by atoms with Crippen LogP contribution in [0.25, 0.3) is 0 Å². The molecule has 0 saturated heterocycles. The molecule has 0 aliphatic carbocycles. The van der Waals surface area contributed by atoms with Crippen LogP contribution in [0.5, 0.6) is 0 Å². The molecule has 1 aromatic carbocycles. The van der Waals surface area contributed by atoms with Crippen LogP contribution in [0.3, 0.4) is 0 Å². The maximum atomic E-state index is 11.3. The maximum absolute atomic E-state index is 11.3. The first kappa shape index (κ1) is 12.2. The Bertz CT molecular complexity index is 325. The van der Waals surface area contributed by atoms with E-state index >= 15 is 0 Å². The number of amides is 1. The number of rotatable bonds is 5. The van der Waals surface area contributed by atoms with Gasteiger partial charge in [0.15, 0.2) is 0 Å². The molecule has 15 heavy (non-hydrogen) atoms. The fourth-order valence-corrected chi connectivity index (χ4v) is 1.80. The van der Waals surface area contributed by atoms with Gasteiger partial charge in [-0.25, -0.2) is 0 Å². The van der Waals surface area contributed by atoms with Gasteiger partial charge in [0.2, 0.25) is 5.91 Å². The average Bonchev–Trinajstić information content (AvgIpc) is 2.27. The second kappa shape index (κ2) is 6.62. The van der Waals surface area contributed by atoms with Crippen LogP contribution in [0.1, 0.15) is 24.5 Å². The van der Waals surface area contributed by atoms with Crippen molar-refractivity contribution in [1.82, 2.24) is 5.32 Å². The zero-order valence-electron chi connectivity index (χ0n) is 8.92. The highest BCUT2D eigenvalue weighted by molar-refractivity contribution is 9.09. The molecule has 1 aromatic rings. The number of alkyl halides is 1. The lowest BCUT2D eigenvalue weighted by Gasteiger charge is -2.08. The van der Waals surface area contributed by atoms with Crippen molar-refractivity contribution in [2.45, 2.75) is 26.3 Å². The van der Waals surface area contributed by atoms with Crippen molar-refractivity contribution >= 4 is 21.8 Å². The summed E-state index contributed by atoms with van der Waals surface area (Å²) in [6.45, 7) is 2.76. The SMILES string of the molecule is CCc1ccccc1CNC(=O)CCBr. The number of benzene rings is 1. The average molecular weight is 270 g/mol. The van der Waals surface area contributed by atoms with Gasteiger partial charge in [-0.05, 0) is 17.5 Å². The molecule has 0 atom stereocenters. The van der Waals surface area contributed by atoms with E-state index in [2.05, 4.69) is 40.3 Å². The number of halogens is 1. The first-order chi connectivity index (χ1) is 7.27. The van der Waals surface area contributed by atoms with Crippen LogP contribution in [0.2, 0.25) is 0 Å². The highest BCUT2D eigenvalue weighted by Crippen LogP contribution is 2.08. The van der Waals surface area contributed by atoms with E-state index in [1.165, 1.54) is 11.1 Å². The number of aryl methyl sites for hydroxylation is 1. The van der Waals surface area contributed by atoms with E-state index in [-0.39, 0.29) is 5.91 Å². The normalized spacial score (nSPS) is 10.0. The first-order valence-electron chi connectivity index (χ1n) is 5.17. The summed E-state index contributed by atoms with van der Waals surface area (Å²) < 4.78 is 0. The Labute approximate surface area is 99.2 Å². The minimum atomic E-state index is 0.0952. The van der Waals surface area contributed by atoms with E-state index in [0.717, 1.165) is 6.42 Å². The van der Waals surface area contributed by atoms with Gasteiger partial charge in [0, 0.05) is 18.3 Å².